The fourth-order valence-electron chi connectivity index (χ4n) is 3.29. The summed E-state index contributed by atoms with van der Waals surface area (Å²) < 4.78 is 26.4. The normalized spacial score (nSPS) is 26.6. The van der Waals surface area contributed by atoms with Crippen LogP contribution in [0.2, 0.25) is 0 Å². The number of carbonyl (C=O) groups excluding carboxylic acids is 1. The molecule has 2 aliphatic rings. The van der Waals surface area contributed by atoms with E-state index in [4.69, 9.17) is 0 Å². The molecule has 1 saturated heterocycles. The highest BCUT2D eigenvalue weighted by Crippen LogP contribution is 2.36. The maximum atomic E-state index is 13.2. The van der Waals surface area contributed by atoms with Crippen molar-refractivity contribution < 1.29 is 13.6 Å². The Balaban J connectivity index is 1.89. The Kier molecular flexibility index (Phi) is 5.35. The van der Waals surface area contributed by atoms with Crippen LogP contribution in [0.5, 0.6) is 0 Å². The molecule has 1 N–H and O–H groups in total. The van der Waals surface area contributed by atoms with Crippen molar-refractivity contribution in [3.8, 4) is 0 Å². The van der Waals surface area contributed by atoms with Crippen molar-refractivity contribution in [2.24, 2.45) is 5.92 Å². The fraction of sp³-hybridized carbons (Fsp3) is 0.933. The van der Waals surface area contributed by atoms with E-state index in [9.17, 15) is 13.6 Å². The second kappa shape index (κ2) is 6.83. The number of hydrogen-bond donors (Lipinski definition) is 1. The van der Waals surface area contributed by atoms with Gasteiger partial charge in [0.25, 0.3) is 0 Å². The van der Waals surface area contributed by atoms with Crippen molar-refractivity contribution in [2.45, 2.75) is 63.8 Å². The third-order valence-electron chi connectivity index (χ3n) is 4.47. The Hall–Kier alpha value is -0.710. The van der Waals surface area contributed by atoms with E-state index in [-0.39, 0.29) is 24.7 Å². The summed E-state index contributed by atoms with van der Waals surface area (Å²) in [5.74, 6) is -2.65. The molecule has 0 radical (unpaired) electrons. The van der Waals surface area contributed by atoms with Crippen LogP contribution in [0.3, 0.4) is 0 Å². The predicted molar refractivity (Wildman–Crippen MR) is 74.8 cm³/mol. The second-order valence-corrected chi connectivity index (χ2v) is 6.21. The highest BCUT2D eigenvalue weighted by Gasteiger charge is 2.38. The van der Waals surface area contributed by atoms with Crippen molar-refractivity contribution >= 4 is 5.91 Å². The van der Waals surface area contributed by atoms with Crippen LogP contribution in [0.1, 0.15) is 51.9 Å². The molecule has 0 aromatic carbocycles. The molecule has 0 spiro atoms. The minimum atomic E-state index is -2.56. The molecule has 3 nitrogen and oxygen atoms in total. The van der Waals surface area contributed by atoms with Gasteiger partial charge in [-0.25, -0.2) is 8.78 Å². The molecule has 0 aromatic rings. The van der Waals surface area contributed by atoms with Gasteiger partial charge >= 0.3 is 0 Å². The standard InChI is InChI=1S/C15H26F2N2O/c1-2-10-19(11-13-4-3-9-18-13)14(20)12-5-7-15(16,17)8-6-12/h12-13,18H,2-11H2,1H3. The van der Waals surface area contributed by atoms with Gasteiger partial charge in [-0.15, -0.1) is 0 Å². The molecule has 0 bridgehead atoms. The summed E-state index contributed by atoms with van der Waals surface area (Å²) in [5, 5.41) is 3.40. The Morgan fingerprint density at radius 2 is 2.00 bits per heavy atom. The molecule has 2 fully saturated rings. The quantitative estimate of drug-likeness (QED) is 0.843. The number of rotatable bonds is 5. The number of halogens is 2. The minimum Gasteiger partial charge on any atom is -0.341 e. The summed E-state index contributed by atoms with van der Waals surface area (Å²) in [4.78, 5) is 14.4. The molecular weight excluding hydrogens is 262 g/mol. The highest BCUT2D eigenvalue weighted by molar-refractivity contribution is 5.79. The number of hydrogen-bond acceptors (Lipinski definition) is 2. The van der Waals surface area contributed by atoms with E-state index < -0.39 is 5.92 Å². The average molecular weight is 288 g/mol. The third-order valence-corrected chi connectivity index (χ3v) is 4.47. The number of nitrogens with zero attached hydrogens (tertiary/aromatic N) is 1. The molecule has 1 aliphatic carbocycles. The van der Waals surface area contributed by atoms with E-state index in [0.717, 1.165) is 38.9 Å². The predicted octanol–water partition coefficient (Wildman–Crippen LogP) is 2.80. The number of carbonyl (C=O) groups is 1. The molecule has 1 aliphatic heterocycles. The lowest BCUT2D eigenvalue weighted by Gasteiger charge is -2.33. The molecule has 2 rings (SSSR count). The maximum Gasteiger partial charge on any atom is 0.248 e. The molecule has 1 unspecified atom stereocenters. The van der Waals surface area contributed by atoms with Crippen LogP contribution in [0.25, 0.3) is 0 Å². The van der Waals surface area contributed by atoms with Crippen LogP contribution >= 0.6 is 0 Å². The van der Waals surface area contributed by atoms with E-state index in [0.29, 0.717) is 18.9 Å². The van der Waals surface area contributed by atoms with Crippen molar-refractivity contribution in [1.82, 2.24) is 10.2 Å². The highest BCUT2D eigenvalue weighted by atomic mass is 19.3. The van der Waals surface area contributed by atoms with Gasteiger partial charge in [0.15, 0.2) is 0 Å². The first-order chi connectivity index (χ1) is 9.52. The largest absolute Gasteiger partial charge is 0.341 e. The van der Waals surface area contributed by atoms with Crippen molar-refractivity contribution in [1.29, 1.82) is 0 Å². The van der Waals surface area contributed by atoms with E-state index in [1.54, 1.807) is 0 Å². The summed E-state index contributed by atoms with van der Waals surface area (Å²) in [6.07, 6.45) is 3.59. The first-order valence-electron chi connectivity index (χ1n) is 7.92. The zero-order chi connectivity index (χ0) is 14.6. The summed E-state index contributed by atoms with van der Waals surface area (Å²) in [5.41, 5.74) is 0. The van der Waals surface area contributed by atoms with Crippen LogP contribution in [-0.2, 0) is 4.79 Å². The lowest BCUT2D eigenvalue weighted by Crippen LogP contribution is -2.45. The lowest BCUT2D eigenvalue weighted by atomic mass is 9.85. The summed E-state index contributed by atoms with van der Waals surface area (Å²) in [7, 11) is 0. The summed E-state index contributed by atoms with van der Waals surface area (Å²) in [6, 6.07) is 0.385. The Morgan fingerprint density at radius 1 is 1.30 bits per heavy atom. The molecule has 1 amide bonds. The lowest BCUT2D eigenvalue weighted by molar-refractivity contribution is -0.140. The zero-order valence-corrected chi connectivity index (χ0v) is 12.3. The Labute approximate surface area is 120 Å². The maximum absolute atomic E-state index is 13.2. The van der Waals surface area contributed by atoms with Gasteiger partial charge in [0.05, 0.1) is 0 Å². The molecule has 1 heterocycles. The van der Waals surface area contributed by atoms with Gasteiger partial charge in [-0.3, -0.25) is 4.79 Å². The van der Waals surface area contributed by atoms with E-state index in [1.165, 1.54) is 0 Å². The zero-order valence-electron chi connectivity index (χ0n) is 12.3. The van der Waals surface area contributed by atoms with E-state index in [1.807, 2.05) is 4.90 Å². The van der Waals surface area contributed by atoms with Crippen LogP contribution in [0, 0.1) is 5.92 Å². The van der Waals surface area contributed by atoms with Crippen molar-refractivity contribution in [2.75, 3.05) is 19.6 Å². The average Bonchev–Trinajstić information content (AvgIpc) is 2.90. The van der Waals surface area contributed by atoms with E-state index >= 15 is 0 Å². The van der Waals surface area contributed by atoms with Gasteiger partial charge in [0.2, 0.25) is 11.8 Å². The Morgan fingerprint density at radius 3 is 2.55 bits per heavy atom. The molecule has 1 saturated carbocycles. The van der Waals surface area contributed by atoms with Crippen LogP contribution < -0.4 is 5.32 Å². The molecule has 20 heavy (non-hydrogen) atoms. The summed E-state index contributed by atoms with van der Waals surface area (Å²) in [6.45, 7) is 4.55. The summed E-state index contributed by atoms with van der Waals surface area (Å²) >= 11 is 0. The molecule has 5 heteroatoms. The Bertz CT molecular complexity index is 320. The number of alkyl halides is 2. The number of amides is 1. The monoisotopic (exact) mass is 288 g/mol. The smallest absolute Gasteiger partial charge is 0.248 e. The van der Waals surface area contributed by atoms with Gasteiger partial charge in [0, 0.05) is 37.9 Å². The second-order valence-electron chi connectivity index (χ2n) is 6.21. The first kappa shape index (κ1) is 15.7. The van der Waals surface area contributed by atoms with Gasteiger partial charge in [-0.1, -0.05) is 6.92 Å². The van der Waals surface area contributed by atoms with Gasteiger partial charge in [0.1, 0.15) is 0 Å². The molecule has 116 valence electrons. The SMILES string of the molecule is CCCN(CC1CCCN1)C(=O)C1CCC(F)(F)CC1. The van der Waals surface area contributed by atoms with Crippen LogP contribution in [0.4, 0.5) is 8.78 Å². The molecule has 1 atom stereocenters. The molecule has 0 aromatic heterocycles. The fourth-order valence-corrected chi connectivity index (χ4v) is 3.29. The minimum absolute atomic E-state index is 0.0936. The van der Waals surface area contributed by atoms with Crippen molar-refractivity contribution in [3.05, 3.63) is 0 Å². The van der Waals surface area contributed by atoms with Crippen LogP contribution in [0.15, 0.2) is 0 Å². The van der Waals surface area contributed by atoms with Gasteiger partial charge < -0.3 is 10.2 Å². The van der Waals surface area contributed by atoms with Crippen LogP contribution in [-0.4, -0.2) is 42.4 Å². The van der Waals surface area contributed by atoms with Gasteiger partial charge in [-0.2, -0.15) is 0 Å². The topological polar surface area (TPSA) is 32.3 Å². The third kappa shape index (κ3) is 4.14. The van der Waals surface area contributed by atoms with Crippen molar-refractivity contribution in [3.63, 3.8) is 0 Å². The molecular formula is C15H26F2N2O. The van der Waals surface area contributed by atoms with Gasteiger partial charge in [-0.05, 0) is 38.6 Å². The first-order valence-corrected chi connectivity index (χ1v) is 7.92. The number of nitrogens with one attached hydrogen (secondary N) is 1. The van der Waals surface area contributed by atoms with E-state index in [2.05, 4.69) is 12.2 Å².